The Morgan fingerprint density at radius 2 is 1.88 bits per heavy atom. The number of hydrogen-bond donors (Lipinski definition) is 1. The summed E-state index contributed by atoms with van der Waals surface area (Å²) < 4.78 is 5.68. The summed E-state index contributed by atoms with van der Waals surface area (Å²) in [6, 6.07) is 15.2. The fourth-order valence-electron chi connectivity index (χ4n) is 2.42. The Bertz CT molecular complexity index is 933. The maximum atomic E-state index is 9.28. The Kier molecular flexibility index (Phi) is 4.86. The highest BCUT2D eigenvalue weighted by Crippen LogP contribution is 2.31. The van der Waals surface area contributed by atoms with Gasteiger partial charge in [-0.15, -0.1) is 0 Å². The van der Waals surface area contributed by atoms with E-state index in [1.165, 1.54) is 0 Å². The van der Waals surface area contributed by atoms with Crippen molar-refractivity contribution >= 4 is 11.6 Å². The van der Waals surface area contributed by atoms with Gasteiger partial charge in [-0.3, -0.25) is 0 Å². The van der Waals surface area contributed by atoms with Gasteiger partial charge in [-0.25, -0.2) is 9.97 Å². The van der Waals surface area contributed by atoms with E-state index >= 15 is 0 Å². The number of rotatable bonds is 5. The Morgan fingerprint density at radius 3 is 2.64 bits per heavy atom. The molecule has 0 saturated carbocycles. The number of aryl methyl sites for hydroxylation is 1. The quantitative estimate of drug-likeness (QED) is 0.764. The van der Waals surface area contributed by atoms with Crippen LogP contribution in [0, 0.1) is 18.3 Å². The summed E-state index contributed by atoms with van der Waals surface area (Å²) in [7, 11) is 0. The van der Waals surface area contributed by atoms with Crippen molar-refractivity contribution in [2.24, 2.45) is 0 Å². The molecule has 124 valence electrons. The summed E-state index contributed by atoms with van der Waals surface area (Å²) in [5.41, 5.74) is 2.68. The molecule has 0 radical (unpaired) electrons. The van der Waals surface area contributed by atoms with Crippen molar-refractivity contribution in [1.29, 1.82) is 5.26 Å². The van der Waals surface area contributed by atoms with Crippen LogP contribution in [0.4, 0.5) is 11.6 Å². The predicted molar refractivity (Wildman–Crippen MR) is 95.6 cm³/mol. The summed E-state index contributed by atoms with van der Waals surface area (Å²) in [6.45, 7) is 4.29. The number of nitrogens with one attached hydrogen (secondary N) is 1. The van der Waals surface area contributed by atoms with Crippen molar-refractivity contribution < 1.29 is 4.74 Å². The van der Waals surface area contributed by atoms with E-state index < -0.39 is 0 Å². The van der Waals surface area contributed by atoms with Gasteiger partial charge in [0.2, 0.25) is 5.88 Å². The number of aromatic nitrogens is 3. The molecule has 25 heavy (non-hydrogen) atoms. The maximum absolute atomic E-state index is 9.28. The van der Waals surface area contributed by atoms with Crippen molar-refractivity contribution in [3.05, 3.63) is 60.0 Å². The summed E-state index contributed by atoms with van der Waals surface area (Å²) in [4.78, 5) is 13.0. The standard InChI is InChI=1S/C19H17N5O/c1-3-25-19-15(14-7-5-11-21-16(14)12-20)9-10-18(24-19)23-17-8-4-6-13(2)22-17/h4-11H,3H2,1-2H3,(H,22,23,24). The molecular weight excluding hydrogens is 314 g/mol. The zero-order valence-electron chi connectivity index (χ0n) is 14.0. The smallest absolute Gasteiger partial charge is 0.223 e. The SMILES string of the molecule is CCOc1nc(Nc2cccc(C)n2)ccc1-c1cccnc1C#N. The molecule has 0 saturated heterocycles. The molecule has 1 N–H and O–H groups in total. The minimum absolute atomic E-state index is 0.339. The zero-order chi connectivity index (χ0) is 17.6. The minimum atomic E-state index is 0.339. The average Bonchev–Trinajstić information content (AvgIpc) is 2.62. The topological polar surface area (TPSA) is 83.7 Å². The van der Waals surface area contributed by atoms with Crippen molar-refractivity contribution in [2.75, 3.05) is 11.9 Å². The number of ether oxygens (including phenoxy) is 1. The molecule has 3 heterocycles. The van der Waals surface area contributed by atoms with Gasteiger partial charge in [-0.1, -0.05) is 6.07 Å². The second-order valence-corrected chi connectivity index (χ2v) is 5.28. The lowest BCUT2D eigenvalue weighted by atomic mass is 10.1. The third-order valence-electron chi connectivity index (χ3n) is 3.49. The Labute approximate surface area is 146 Å². The van der Waals surface area contributed by atoms with E-state index in [0.717, 1.165) is 11.3 Å². The summed E-state index contributed by atoms with van der Waals surface area (Å²) in [6.07, 6.45) is 1.59. The average molecular weight is 331 g/mol. The Morgan fingerprint density at radius 1 is 1.04 bits per heavy atom. The largest absolute Gasteiger partial charge is 0.477 e. The highest BCUT2D eigenvalue weighted by molar-refractivity contribution is 5.74. The monoisotopic (exact) mass is 331 g/mol. The maximum Gasteiger partial charge on any atom is 0.223 e. The van der Waals surface area contributed by atoms with Crippen LogP contribution < -0.4 is 10.1 Å². The molecular formula is C19H17N5O. The lowest BCUT2D eigenvalue weighted by Gasteiger charge is -2.12. The molecule has 0 amide bonds. The van der Waals surface area contributed by atoms with Crippen LogP contribution in [0.1, 0.15) is 18.3 Å². The van der Waals surface area contributed by atoms with Crippen LogP contribution >= 0.6 is 0 Å². The molecule has 3 aromatic rings. The first kappa shape index (κ1) is 16.4. The van der Waals surface area contributed by atoms with E-state index in [0.29, 0.717) is 35.4 Å². The van der Waals surface area contributed by atoms with Crippen LogP contribution in [0.2, 0.25) is 0 Å². The molecule has 0 aliphatic carbocycles. The predicted octanol–water partition coefficient (Wildman–Crippen LogP) is 3.86. The third-order valence-corrected chi connectivity index (χ3v) is 3.49. The second kappa shape index (κ2) is 7.41. The highest BCUT2D eigenvalue weighted by atomic mass is 16.5. The number of nitriles is 1. The number of nitrogens with zero attached hydrogens (tertiary/aromatic N) is 4. The molecule has 0 aliphatic heterocycles. The van der Waals surface area contributed by atoms with Gasteiger partial charge in [0, 0.05) is 23.0 Å². The van der Waals surface area contributed by atoms with Crippen LogP contribution in [-0.4, -0.2) is 21.6 Å². The molecule has 0 atom stereocenters. The van der Waals surface area contributed by atoms with Crippen molar-refractivity contribution in [2.45, 2.75) is 13.8 Å². The minimum Gasteiger partial charge on any atom is -0.477 e. The summed E-state index contributed by atoms with van der Waals surface area (Å²) in [5.74, 6) is 1.78. The highest BCUT2D eigenvalue weighted by Gasteiger charge is 2.14. The lowest BCUT2D eigenvalue weighted by molar-refractivity contribution is 0.329. The van der Waals surface area contributed by atoms with Crippen LogP contribution in [0.5, 0.6) is 5.88 Å². The first-order valence-electron chi connectivity index (χ1n) is 7.91. The molecule has 0 aliphatic rings. The summed E-state index contributed by atoms with van der Waals surface area (Å²) >= 11 is 0. The van der Waals surface area contributed by atoms with Crippen LogP contribution in [-0.2, 0) is 0 Å². The van der Waals surface area contributed by atoms with Gasteiger partial charge in [0.05, 0.1) is 6.61 Å². The first-order chi connectivity index (χ1) is 12.2. The van der Waals surface area contributed by atoms with Gasteiger partial charge in [0.15, 0.2) is 0 Å². The molecule has 0 aromatic carbocycles. The fourth-order valence-corrected chi connectivity index (χ4v) is 2.42. The van der Waals surface area contributed by atoms with E-state index in [1.54, 1.807) is 12.3 Å². The van der Waals surface area contributed by atoms with E-state index in [9.17, 15) is 5.26 Å². The van der Waals surface area contributed by atoms with E-state index in [4.69, 9.17) is 4.74 Å². The number of pyridine rings is 3. The normalized spacial score (nSPS) is 10.1. The second-order valence-electron chi connectivity index (χ2n) is 5.28. The number of anilines is 2. The fraction of sp³-hybridized carbons (Fsp3) is 0.158. The Hall–Kier alpha value is -3.46. The zero-order valence-corrected chi connectivity index (χ0v) is 14.0. The molecule has 0 unspecified atom stereocenters. The molecule has 3 aromatic heterocycles. The molecule has 6 nitrogen and oxygen atoms in total. The van der Waals surface area contributed by atoms with E-state index in [-0.39, 0.29) is 0 Å². The van der Waals surface area contributed by atoms with E-state index in [2.05, 4.69) is 26.3 Å². The van der Waals surface area contributed by atoms with Crippen molar-refractivity contribution in [1.82, 2.24) is 15.0 Å². The van der Waals surface area contributed by atoms with E-state index in [1.807, 2.05) is 50.2 Å². The van der Waals surface area contributed by atoms with Gasteiger partial charge in [-0.05, 0) is 50.2 Å². The third kappa shape index (κ3) is 3.72. The lowest BCUT2D eigenvalue weighted by Crippen LogP contribution is -2.02. The molecule has 3 rings (SSSR count). The van der Waals surface area contributed by atoms with Crippen molar-refractivity contribution in [3.8, 4) is 23.1 Å². The van der Waals surface area contributed by atoms with Gasteiger partial charge in [0.1, 0.15) is 23.4 Å². The van der Waals surface area contributed by atoms with Gasteiger partial charge >= 0.3 is 0 Å². The molecule has 0 spiro atoms. The Balaban J connectivity index is 2.00. The summed E-state index contributed by atoms with van der Waals surface area (Å²) in [5, 5.41) is 12.4. The molecule has 6 heteroatoms. The van der Waals surface area contributed by atoms with Gasteiger partial charge in [-0.2, -0.15) is 10.2 Å². The van der Waals surface area contributed by atoms with Crippen LogP contribution in [0.3, 0.4) is 0 Å². The number of hydrogen-bond acceptors (Lipinski definition) is 6. The first-order valence-corrected chi connectivity index (χ1v) is 7.91. The van der Waals surface area contributed by atoms with Crippen LogP contribution in [0.25, 0.3) is 11.1 Å². The van der Waals surface area contributed by atoms with Gasteiger partial charge < -0.3 is 10.1 Å². The van der Waals surface area contributed by atoms with Crippen LogP contribution in [0.15, 0.2) is 48.7 Å². The molecule has 0 fully saturated rings. The van der Waals surface area contributed by atoms with Crippen molar-refractivity contribution in [3.63, 3.8) is 0 Å². The van der Waals surface area contributed by atoms with Gasteiger partial charge in [0.25, 0.3) is 0 Å². The molecule has 0 bridgehead atoms.